The van der Waals surface area contributed by atoms with Crippen molar-refractivity contribution < 1.29 is 9.53 Å². The number of para-hydroxylation sites is 1. The van der Waals surface area contributed by atoms with E-state index in [1.807, 2.05) is 48.5 Å². The highest BCUT2D eigenvalue weighted by atomic mass is 127. The molecule has 2 aromatic rings. The molecule has 18 heavy (non-hydrogen) atoms. The Labute approximate surface area is 120 Å². The molecule has 0 aliphatic heterocycles. The molecular weight excluding hydrogens is 339 g/mol. The van der Waals surface area contributed by atoms with Gasteiger partial charge in [0.15, 0.2) is 5.78 Å². The van der Waals surface area contributed by atoms with Gasteiger partial charge in [0.25, 0.3) is 0 Å². The molecule has 92 valence electrons. The molecule has 0 fully saturated rings. The van der Waals surface area contributed by atoms with E-state index < -0.39 is 0 Å². The second-order valence-electron chi connectivity index (χ2n) is 3.92. The van der Waals surface area contributed by atoms with Crippen LogP contribution in [-0.4, -0.2) is 12.9 Å². The van der Waals surface area contributed by atoms with Gasteiger partial charge >= 0.3 is 0 Å². The minimum Gasteiger partial charge on any atom is -0.496 e. The molecule has 0 radical (unpaired) electrons. The zero-order chi connectivity index (χ0) is 13.0. The lowest BCUT2D eigenvalue weighted by molar-refractivity contribution is 0.0992. The lowest BCUT2D eigenvalue weighted by Crippen LogP contribution is -2.05. The summed E-state index contributed by atoms with van der Waals surface area (Å²) in [7, 11) is 1.62. The third-order valence-corrected chi connectivity index (χ3v) is 3.36. The molecule has 2 rings (SSSR count). The number of hydrogen-bond donors (Lipinski definition) is 0. The van der Waals surface area contributed by atoms with E-state index in [1.54, 1.807) is 7.11 Å². The third kappa shape index (κ3) is 3.10. The molecule has 0 amide bonds. The van der Waals surface area contributed by atoms with E-state index >= 15 is 0 Å². The second kappa shape index (κ2) is 6.00. The standard InChI is InChI=1S/C15H13IO2/c1-18-15-8-3-2-5-12(15)10-14(17)11-6-4-7-13(16)9-11/h2-9H,10H2,1H3. The second-order valence-corrected chi connectivity index (χ2v) is 5.17. The van der Waals surface area contributed by atoms with Gasteiger partial charge in [-0.15, -0.1) is 0 Å². The van der Waals surface area contributed by atoms with E-state index in [4.69, 9.17) is 4.74 Å². The van der Waals surface area contributed by atoms with Crippen LogP contribution in [0, 0.1) is 3.57 Å². The van der Waals surface area contributed by atoms with Crippen molar-refractivity contribution >= 4 is 28.4 Å². The first-order valence-corrected chi connectivity index (χ1v) is 6.69. The summed E-state index contributed by atoms with van der Waals surface area (Å²) in [6, 6.07) is 15.2. The minimum atomic E-state index is 0.109. The molecule has 0 saturated heterocycles. The average Bonchev–Trinajstić information content (AvgIpc) is 2.39. The normalized spacial score (nSPS) is 10.1. The number of Topliss-reactive ketones (excluding diaryl/α,β-unsaturated/α-hetero) is 1. The maximum absolute atomic E-state index is 12.2. The molecule has 0 unspecified atom stereocenters. The molecule has 2 aromatic carbocycles. The van der Waals surface area contributed by atoms with E-state index in [0.29, 0.717) is 6.42 Å². The molecule has 3 heteroatoms. The lowest BCUT2D eigenvalue weighted by Gasteiger charge is -2.07. The molecule has 0 aromatic heterocycles. The third-order valence-electron chi connectivity index (χ3n) is 2.69. The fourth-order valence-corrected chi connectivity index (χ4v) is 2.33. The van der Waals surface area contributed by atoms with Crippen LogP contribution >= 0.6 is 22.6 Å². The first-order valence-electron chi connectivity index (χ1n) is 5.61. The largest absolute Gasteiger partial charge is 0.496 e. The van der Waals surface area contributed by atoms with Crippen LogP contribution < -0.4 is 4.74 Å². The molecule has 0 aliphatic rings. The quantitative estimate of drug-likeness (QED) is 0.619. The number of hydrogen-bond acceptors (Lipinski definition) is 2. The van der Waals surface area contributed by atoms with Crippen LogP contribution in [0.1, 0.15) is 15.9 Å². The van der Waals surface area contributed by atoms with Crippen LogP contribution in [-0.2, 0) is 6.42 Å². The Bertz CT molecular complexity index is 564. The van der Waals surface area contributed by atoms with E-state index in [-0.39, 0.29) is 5.78 Å². The van der Waals surface area contributed by atoms with Crippen molar-refractivity contribution in [3.63, 3.8) is 0 Å². The predicted octanol–water partition coefficient (Wildman–Crippen LogP) is 3.73. The van der Waals surface area contributed by atoms with Crippen LogP contribution in [0.3, 0.4) is 0 Å². The van der Waals surface area contributed by atoms with E-state index in [0.717, 1.165) is 20.4 Å². The van der Waals surface area contributed by atoms with Gasteiger partial charge in [-0.3, -0.25) is 4.79 Å². The summed E-state index contributed by atoms with van der Waals surface area (Å²) in [5.41, 5.74) is 1.66. The number of benzene rings is 2. The van der Waals surface area contributed by atoms with Crippen LogP contribution in [0.25, 0.3) is 0 Å². The highest BCUT2D eigenvalue weighted by Gasteiger charge is 2.10. The Morgan fingerprint density at radius 2 is 1.94 bits per heavy atom. The monoisotopic (exact) mass is 352 g/mol. The molecule has 0 heterocycles. The molecule has 0 aliphatic carbocycles. The number of ether oxygens (including phenoxy) is 1. The summed E-state index contributed by atoms with van der Waals surface area (Å²) in [6.45, 7) is 0. The Balaban J connectivity index is 2.21. The topological polar surface area (TPSA) is 26.3 Å². The summed E-state index contributed by atoms with van der Waals surface area (Å²) in [5.74, 6) is 0.870. The summed E-state index contributed by atoms with van der Waals surface area (Å²) in [4.78, 5) is 12.2. The zero-order valence-corrected chi connectivity index (χ0v) is 12.2. The molecule has 0 spiro atoms. The maximum Gasteiger partial charge on any atom is 0.167 e. The van der Waals surface area contributed by atoms with Crippen molar-refractivity contribution in [2.75, 3.05) is 7.11 Å². The zero-order valence-electron chi connectivity index (χ0n) is 10.0. The van der Waals surface area contributed by atoms with Crippen molar-refractivity contribution in [2.24, 2.45) is 0 Å². The number of ketones is 1. The van der Waals surface area contributed by atoms with Crippen LogP contribution in [0.5, 0.6) is 5.75 Å². The van der Waals surface area contributed by atoms with Gasteiger partial charge in [-0.25, -0.2) is 0 Å². The first-order chi connectivity index (χ1) is 8.70. The van der Waals surface area contributed by atoms with E-state index in [9.17, 15) is 4.79 Å². The molecule has 0 N–H and O–H groups in total. The van der Waals surface area contributed by atoms with Gasteiger partial charge in [0.05, 0.1) is 7.11 Å². The predicted molar refractivity (Wildman–Crippen MR) is 80.2 cm³/mol. The Morgan fingerprint density at radius 1 is 1.17 bits per heavy atom. The summed E-state index contributed by atoms with van der Waals surface area (Å²) in [5, 5.41) is 0. The molecule has 0 atom stereocenters. The molecule has 2 nitrogen and oxygen atoms in total. The van der Waals surface area contributed by atoms with Crippen molar-refractivity contribution in [3.8, 4) is 5.75 Å². The summed E-state index contributed by atoms with van der Waals surface area (Å²) < 4.78 is 6.32. The average molecular weight is 352 g/mol. The van der Waals surface area contributed by atoms with Crippen molar-refractivity contribution in [1.82, 2.24) is 0 Å². The van der Waals surface area contributed by atoms with Gasteiger partial charge in [0, 0.05) is 21.1 Å². The number of carbonyl (C=O) groups excluding carboxylic acids is 1. The molecular formula is C15H13IO2. The fourth-order valence-electron chi connectivity index (χ4n) is 1.79. The Hall–Kier alpha value is -1.36. The van der Waals surface area contributed by atoms with Gasteiger partial charge < -0.3 is 4.74 Å². The number of methoxy groups -OCH3 is 1. The van der Waals surface area contributed by atoms with Crippen LogP contribution in [0.15, 0.2) is 48.5 Å². The SMILES string of the molecule is COc1ccccc1CC(=O)c1cccc(I)c1. The molecule has 0 bridgehead atoms. The maximum atomic E-state index is 12.2. The summed E-state index contributed by atoms with van der Waals surface area (Å²) >= 11 is 2.21. The number of rotatable bonds is 4. The summed E-state index contributed by atoms with van der Waals surface area (Å²) in [6.07, 6.45) is 0.365. The van der Waals surface area contributed by atoms with Crippen LogP contribution in [0.2, 0.25) is 0 Å². The molecule has 0 saturated carbocycles. The number of carbonyl (C=O) groups is 1. The fraction of sp³-hybridized carbons (Fsp3) is 0.133. The Morgan fingerprint density at radius 3 is 2.67 bits per heavy atom. The van der Waals surface area contributed by atoms with Crippen molar-refractivity contribution in [1.29, 1.82) is 0 Å². The minimum absolute atomic E-state index is 0.109. The van der Waals surface area contributed by atoms with Gasteiger partial charge in [-0.2, -0.15) is 0 Å². The van der Waals surface area contributed by atoms with E-state index in [1.165, 1.54) is 0 Å². The van der Waals surface area contributed by atoms with Gasteiger partial charge in [-0.05, 0) is 40.8 Å². The Kier molecular flexibility index (Phi) is 4.36. The van der Waals surface area contributed by atoms with Gasteiger partial charge in [0.2, 0.25) is 0 Å². The highest BCUT2D eigenvalue weighted by Crippen LogP contribution is 2.20. The van der Waals surface area contributed by atoms with Crippen LogP contribution in [0.4, 0.5) is 0 Å². The first kappa shape index (κ1) is 13.1. The smallest absolute Gasteiger partial charge is 0.167 e. The van der Waals surface area contributed by atoms with Crippen molar-refractivity contribution in [3.05, 3.63) is 63.2 Å². The van der Waals surface area contributed by atoms with Gasteiger partial charge in [0.1, 0.15) is 5.75 Å². The highest BCUT2D eigenvalue weighted by molar-refractivity contribution is 14.1. The lowest BCUT2D eigenvalue weighted by atomic mass is 10.0. The number of halogens is 1. The van der Waals surface area contributed by atoms with E-state index in [2.05, 4.69) is 22.6 Å². The van der Waals surface area contributed by atoms with Gasteiger partial charge in [-0.1, -0.05) is 30.3 Å². The van der Waals surface area contributed by atoms with Crippen molar-refractivity contribution in [2.45, 2.75) is 6.42 Å².